The maximum absolute atomic E-state index is 12.1. The molecule has 3 rings (SSSR count). The highest BCUT2D eigenvalue weighted by Crippen LogP contribution is 2.16. The van der Waals surface area contributed by atoms with Gasteiger partial charge in [0.2, 0.25) is 5.91 Å². The van der Waals surface area contributed by atoms with Gasteiger partial charge in [-0.2, -0.15) is 5.10 Å². The molecule has 1 amide bonds. The molecule has 1 saturated heterocycles. The summed E-state index contributed by atoms with van der Waals surface area (Å²) in [6.07, 6.45) is 8.34. The number of nitrogens with zero attached hydrogens (tertiary/aromatic N) is 2. The largest absolute Gasteiger partial charge is 0.497 e. The SMILES string of the molecule is COc1ccc(CCC(=O)Nc2cnn(CC3CCCCO3)c2)cc1. The quantitative estimate of drug-likeness (QED) is 0.839. The lowest BCUT2D eigenvalue weighted by Gasteiger charge is -2.22. The number of carbonyl (C=O) groups excluding carboxylic acids is 1. The topological polar surface area (TPSA) is 65.4 Å². The normalized spacial score (nSPS) is 17.2. The number of anilines is 1. The number of amides is 1. The number of hydrogen-bond acceptors (Lipinski definition) is 4. The van der Waals surface area contributed by atoms with Crippen LogP contribution in [0.4, 0.5) is 5.69 Å². The number of carbonyl (C=O) groups is 1. The van der Waals surface area contributed by atoms with Gasteiger partial charge in [-0.25, -0.2) is 0 Å². The number of aryl methyl sites for hydroxylation is 1. The number of nitrogens with one attached hydrogen (secondary N) is 1. The molecule has 6 heteroatoms. The second-order valence-electron chi connectivity index (χ2n) is 6.34. The third-order valence-electron chi connectivity index (χ3n) is 4.38. The number of ether oxygens (including phenoxy) is 2. The Labute approximate surface area is 148 Å². The van der Waals surface area contributed by atoms with Crippen LogP contribution in [0.15, 0.2) is 36.7 Å². The fourth-order valence-electron chi connectivity index (χ4n) is 2.96. The van der Waals surface area contributed by atoms with Gasteiger partial charge in [-0.1, -0.05) is 12.1 Å². The van der Waals surface area contributed by atoms with Gasteiger partial charge in [0, 0.05) is 19.2 Å². The van der Waals surface area contributed by atoms with Gasteiger partial charge in [-0.3, -0.25) is 9.48 Å². The molecule has 0 bridgehead atoms. The van der Waals surface area contributed by atoms with Crippen molar-refractivity contribution in [2.45, 2.75) is 44.8 Å². The summed E-state index contributed by atoms with van der Waals surface area (Å²) in [5.41, 5.74) is 1.84. The van der Waals surface area contributed by atoms with Crippen molar-refractivity contribution in [3.8, 4) is 5.75 Å². The summed E-state index contributed by atoms with van der Waals surface area (Å²) in [7, 11) is 1.64. The van der Waals surface area contributed by atoms with Gasteiger partial charge >= 0.3 is 0 Å². The Morgan fingerprint density at radius 2 is 2.20 bits per heavy atom. The van der Waals surface area contributed by atoms with Crippen LogP contribution in [0.1, 0.15) is 31.2 Å². The van der Waals surface area contributed by atoms with E-state index in [9.17, 15) is 4.79 Å². The zero-order valence-electron chi connectivity index (χ0n) is 14.6. The number of hydrogen-bond donors (Lipinski definition) is 1. The summed E-state index contributed by atoms with van der Waals surface area (Å²) in [5, 5.41) is 7.21. The number of aromatic nitrogens is 2. The van der Waals surface area contributed by atoms with Crippen LogP contribution in [0.2, 0.25) is 0 Å². The number of benzene rings is 1. The minimum atomic E-state index is -0.00992. The van der Waals surface area contributed by atoms with Gasteiger partial charge in [0.1, 0.15) is 5.75 Å². The van der Waals surface area contributed by atoms with Crippen LogP contribution in [0.25, 0.3) is 0 Å². The van der Waals surface area contributed by atoms with Crippen LogP contribution in [-0.2, 0) is 22.5 Å². The molecule has 25 heavy (non-hydrogen) atoms. The van der Waals surface area contributed by atoms with Crippen molar-refractivity contribution in [3.05, 3.63) is 42.2 Å². The van der Waals surface area contributed by atoms with E-state index >= 15 is 0 Å². The van der Waals surface area contributed by atoms with Crippen LogP contribution < -0.4 is 10.1 Å². The summed E-state index contributed by atoms with van der Waals surface area (Å²) >= 11 is 0. The van der Waals surface area contributed by atoms with Crippen molar-refractivity contribution in [1.29, 1.82) is 0 Å². The highest BCUT2D eigenvalue weighted by Gasteiger charge is 2.15. The predicted octanol–water partition coefficient (Wildman–Crippen LogP) is 3.03. The molecule has 1 aromatic carbocycles. The Balaban J connectivity index is 1.44. The fraction of sp³-hybridized carbons (Fsp3) is 0.474. The zero-order valence-corrected chi connectivity index (χ0v) is 14.6. The van der Waals surface area contributed by atoms with E-state index in [1.165, 1.54) is 6.42 Å². The molecule has 1 fully saturated rings. The fourth-order valence-corrected chi connectivity index (χ4v) is 2.96. The van der Waals surface area contributed by atoms with Crippen molar-refractivity contribution >= 4 is 11.6 Å². The first kappa shape index (κ1) is 17.5. The molecule has 0 radical (unpaired) electrons. The highest BCUT2D eigenvalue weighted by molar-refractivity contribution is 5.90. The average molecular weight is 343 g/mol. The molecule has 1 aliphatic heterocycles. The Morgan fingerprint density at radius 3 is 2.92 bits per heavy atom. The van der Waals surface area contributed by atoms with Crippen LogP contribution in [0.5, 0.6) is 5.75 Å². The second kappa shape index (κ2) is 8.67. The number of rotatable bonds is 7. The molecule has 6 nitrogen and oxygen atoms in total. The van der Waals surface area contributed by atoms with E-state index in [-0.39, 0.29) is 12.0 Å². The minimum absolute atomic E-state index is 0.00992. The van der Waals surface area contributed by atoms with E-state index in [4.69, 9.17) is 9.47 Å². The third-order valence-corrected chi connectivity index (χ3v) is 4.38. The maximum atomic E-state index is 12.1. The molecule has 134 valence electrons. The van der Waals surface area contributed by atoms with Crippen molar-refractivity contribution in [1.82, 2.24) is 9.78 Å². The van der Waals surface area contributed by atoms with E-state index in [2.05, 4.69) is 10.4 Å². The van der Waals surface area contributed by atoms with Gasteiger partial charge in [0.05, 0.1) is 31.6 Å². The Kier molecular flexibility index (Phi) is 6.06. The van der Waals surface area contributed by atoms with E-state index in [0.717, 1.165) is 43.0 Å². The lowest BCUT2D eigenvalue weighted by Crippen LogP contribution is -2.24. The smallest absolute Gasteiger partial charge is 0.224 e. The third kappa shape index (κ3) is 5.32. The molecule has 1 aromatic heterocycles. The summed E-state index contributed by atoms with van der Waals surface area (Å²) in [5.74, 6) is 0.812. The summed E-state index contributed by atoms with van der Waals surface area (Å²) in [6.45, 7) is 1.57. The molecular formula is C19H25N3O3. The molecule has 1 atom stereocenters. The van der Waals surface area contributed by atoms with Crippen LogP contribution in [0.3, 0.4) is 0 Å². The summed E-state index contributed by atoms with van der Waals surface area (Å²) in [4.78, 5) is 12.1. The lowest BCUT2D eigenvalue weighted by molar-refractivity contribution is -0.116. The van der Waals surface area contributed by atoms with E-state index in [0.29, 0.717) is 12.8 Å². The first-order chi connectivity index (χ1) is 12.2. The summed E-state index contributed by atoms with van der Waals surface area (Å²) < 4.78 is 12.7. The molecule has 1 N–H and O–H groups in total. The van der Waals surface area contributed by atoms with Crippen LogP contribution in [0, 0.1) is 0 Å². The highest BCUT2D eigenvalue weighted by atomic mass is 16.5. The van der Waals surface area contributed by atoms with Crippen molar-refractivity contribution in [2.75, 3.05) is 19.0 Å². The van der Waals surface area contributed by atoms with E-state index in [1.54, 1.807) is 13.3 Å². The van der Waals surface area contributed by atoms with E-state index in [1.807, 2.05) is 35.1 Å². The minimum Gasteiger partial charge on any atom is -0.497 e. The summed E-state index contributed by atoms with van der Waals surface area (Å²) in [6, 6.07) is 7.78. The van der Waals surface area contributed by atoms with Crippen LogP contribution >= 0.6 is 0 Å². The Bertz CT molecular complexity index is 675. The second-order valence-corrected chi connectivity index (χ2v) is 6.34. The van der Waals surface area contributed by atoms with Gasteiger partial charge < -0.3 is 14.8 Å². The predicted molar refractivity (Wildman–Crippen MR) is 95.8 cm³/mol. The molecular weight excluding hydrogens is 318 g/mol. The molecule has 2 aromatic rings. The van der Waals surface area contributed by atoms with Crippen molar-refractivity contribution in [2.24, 2.45) is 0 Å². The van der Waals surface area contributed by atoms with Gasteiger partial charge in [-0.05, 0) is 43.4 Å². The Hall–Kier alpha value is -2.34. The average Bonchev–Trinajstić information content (AvgIpc) is 3.08. The first-order valence-electron chi connectivity index (χ1n) is 8.80. The first-order valence-corrected chi connectivity index (χ1v) is 8.80. The molecule has 0 spiro atoms. The standard InChI is InChI=1S/C19H25N3O3/c1-24-17-8-5-15(6-9-17)7-10-19(23)21-16-12-20-22(13-16)14-18-4-2-3-11-25-18/h5-6,8-9,12-13,18H,2-4,7,10-11,14H2,1H3,(H,21,23). The molecule has 2 heterocycles. The van der Waals surface area contributed by atoms with Gasteiger partial charge in [0.25, 0.3) is 0 Å². The lowest BCUT2D eigenvalue weighted by atomic mass is 10.1. The Morgan fingerprint density at radius 1 is 1.36 bits per heavy atom. The molecule has 1 unspecified atom stereocenters. The number of methoxy groups -OCH3 is 1. The monoisotopic (exact) mass is 343 g/mol. The van der Waals surface area contributed by atoms with Crippen molar-refractivity contribution in [3.63, 3.8) is 0 Å². The molecule has 0 aliphatic carbocycles. The van der Waals surface area contributed by atoms with Crippen molar-refractivity contribution < 1.29 is 14.3 Å². The van der Waals surface area contributed by atoms with Gasteiger partial charge in [0.15, 0.2) is 0 Å². The van der Waals surface area contributed by atoms with Crippen LogP contribution in [-0.4, -0.2) is 35.5 Å². The van der Waals surface area contributed by atoms with E-state index < -0.39 is 0 Å². The maximum Gasteiger partial charge on any atom is 0.224 e. The molecule has 0 saturated carbocycles. The zero-order chi connectivity index (χ0) is 17.5. The molecule has 1 aliphatic rings. The van der Waals surface area contributed by atoms with Gasteiger partial charge in [-0.15, -0.1) is 0 Å².